The maximum absolute atomic E-state index is 11.8. The Morgan fingerprint density at radius 3 is 2.69 bits per heavy atom. The van der Waals surface area contributed by atoms with Gasteiger partial charge in [-0.05, 0) is 18.9 Å². The predicted octanol–water partition coefficient (Wildman–Crippen LogP) is 0.924. The van der Waals surface area contributed by atoms with Gasteiger partial charge in [0.1, 0.15) is 0 Å². The lowest BCUT2D eigenvalue weighted by atomic mass is 10.1. The smallest absolute Gasteiger partial charge is 0.155 e. The Kier molecular flexibility index (Phi) is 3.30. The molecule has 1 aliphatic heterocycles. The fourth-order valence-corrected chi connectivity index (χ4v) is 3.41. The third-order valence-corrected chi connectivity index (χ3v) is 5.13. The number of rotatable bonds is 4. The third kappa shape index (κ3) is 2.62. The molecule has 1 aromatic rings. The predicted molar refractivity (Wildman–Crippen MR) is 65.3 cm³/mol. The second-order valence-electron chi connectivity index (χ2n) is 4.39. The first-order valence-electron chi connectivity index (χ1n) is 5.56. The monoisotopic (exact) mass is 239 g/mol. The van der Waals surface area contributed by atoms with E-state index < -0.39 is 9.84 Å². The fraction of sp³-hybridized carbons (Fsp3) is 0.500. The van der Waals surface area contributed by atoms with E-state index in [0.29, 0.717) is 19.5 Å². The zero-order valence-corrected chi connectivity index (χ0v) is 10.3. The van der Waals surface area contributed by atoms with Gasteiger partial charge in [0.2, 0.25) is 0 Å². The van der Waals surface area contributed by atoms with Gasteiger partial charge in [-0.25, -0.2) is 8.42 Å². The molecule has 88 valence electrons. The van der Waals surface area contributed by atoms with Crippen molar-refractivity contribution in [2.45, 2.75) is 18.6 Å². The second-order valence-corrected chi connectivity index (χ2v) is 6.79. The first-order valence-corrected chi connectivity index (χ1v) is 7.27. The van der Waals surface area contributed by atoms with Crippen LogP contribution >= 0.6 is 0 Å². The van der Waals surface area contributed by atoms with Crippen LogP contribution in [0.25, 0.3) is 0 Å². The van der Waals surface area contributed by atoms with E-state index in [1.165, 1.54) is 5.56 Å². The van der Waals surface area contributed by atoms with Crippen molar-refractivity contribution in [1.82, 2.24) is 5.32 Å². The average Bonchev–Trinajstić information content (AvgIpc) is 2.11. The molecule has 0 amide bonds. The Morgan fingerprint density at radius 1 is 1.38 bits per heavy atom. The van der Waals surface area contributed by atoms with E-state index in [4.69, 9.17) is 0 Å². The van der Waals surface area contributed by atoms with Crippen molar-refractivity contribution >= 4 is 9.84 Å². The average molecular weight is 239 g/mol. The third-order valence-electron chi connectivity index (χ3n) is 3.01. The van der Waals surface area contributed by atoms with Crippen molar-refractivity contribution in [2.75, 3.05) is 18.8 Å². The minimum absolute atomic E-state index is 0.155. The molecular weight excluding hydrogens is 222 g/mol. The number of benzene rings is 1. The molecule has 1 aromatic carbocycles. The van der Waals surface area contributed by atoms with E-state index in [2.05, 4.69) is 11.4 Å². The molecular formula is C12H17NO2S. The number of hydrogen-bond donors (Lipinski definition) is 1. The quantitative estimate of drug-likeness (QED) is 0.850. The Hall–Kier alpha value is -0.870. The highest BCUT2D eigenvalue weighted by Gasteiger charge is 2.30. The molecule has 1 heterocycles. The first kappa shape index (κ1) is 11.6. The Balaban J connectivity index is 1.96. The largest absolute Gasteiger partial charge is 0.314 e. The van der Waals surface area contributed by atoms with Crippen molar-refractivity contribution in [3.05, 3.63) is 35.4 Å². The lowest BCUT2D eigenvalue weighted by Crippen LogP contribution is -2.52. The second kappa shape index (κ2) is 4.55. The number of aryl methyl sites for hydroxylation is 2. The van der Waals surface area contributed by atoms with Crippen molar-refractivity contribution < 1.29 is 8.42 Å². The van der Waals surface area contributed by atoms with E-state index in [9.17, 15) is 8.42 Å². The molecule has 0 saturated carbocycles. The van der Waals surface area contributed by atoms with Crippen LogP contribution in [-0.2, 0) is 16.3 Å². The van der Waals surface area contributed by atoms with Crippen molar-refractivity contribution in [2.24, 2.45) is 0 Å². The van der Waals surface area contributed by atoms with Gasteiger partial charge in [0.15, 0.2) is 9.84 Å². The molecule has 0 aliphatic carbocycles. The standard InChI is InChI=1S/C12H17NO2S/c1-10-3-2-4-11(7-10)5-6-16(14,15)12-8-13-9-12/h2-4,7,12-13H,5-6,8-9H2,1H3. The molecule has 0 bridgehead atoms. The molecule has 0 unspecified atom stereocenters. The summed E-state index contributed by atoms with van der Waals surface area (Å²) >= 11 is 0. The highest BCUT2D eigenvalue weighted by atomic mass is 32.2. The van der Waals surface area contributed by atoms with Gasteiger partial charge < -0.3 is 5.32 Å². The maximum atomic E-state index is 11.8. The van der Waals surface area contributed by atoms with Crippen LogP contribution < -0.4 is 5.32 Å². The normalized spacial score (nSPS) is 17.1. The van der Waals surface area contributed by atoms with Gasteiger partial charge in [0.25, 0.3) is 0 Å². The lowest BCUT2D eigenvalue weighted by molar-refractivity contribution is 0.495. The zero-order valence-electron chi connectivity index (χ0n) is 9.44. The molecule has 4 heteroatoms. The van der Waals surface area contributed by atoms with Gasteiger partial charge in [0, 0.05) is 13.1 Å². The van der Waals surface area contributed by atoms with E-state index in [1.54, 1.807) is 0 Å². The summed E-state index contributed by atoms with van der Waals surface area (Å²) in [7, 11) is -2.90. The van der Waals surface area contributed by atoms with Gasteiger partial charge in [-0.15, -0.1) is 0 Å². The van der Waals surface area contributed by atoms with Crippen LogP contribution in [-0.4, -0.2) is 32.5 Å². The van der Waals surface area contributed by atoms with Gasteiger partial charge in [-0.3, -0.25) is 0 Å². The zero-order chi connectivity index (χ0) is 11.6. The van der Waals surface area contributed by atoms with E-state index >= 15 is 0 Å². The summed E-state index contributed by atoms with van der Waals surface area (Å²) in [5.74, 6) is 0.267. The molecule has 0 atom stereocenters. The van der Waals surface area contributed by atoms with Gasteiger partial charge in [0.05, 0.1) is 11.0 Å². The number of sulfone groups is 1. The van der Waals surface area contributed by atoms with Crippen LogP contribution in [0.2, 0.25) is 0 Å². The summed E-state index contributed by atoms with van der Waals surface area (Å²) in [5, 5.41) is 2.84. The van der Waals surface area contributed by atoms with Crippen LogP contribution in [0.1, 0.15) is 11.1 Å². The molecule has 1 N–H and O–H groups in total. The first-order chi connectivity index (χ1) is 7.58. The molecule has 0 spiro atoms. The molecule has 2 rings (SSSR count). The topological polar surface area (TPSA) is 46.2 Å². The Labute approximate surface area is 96.8 Å². The van der Waals surface area contributed by atoms with Crippen LogP contribution in [0.5, 0.6) is 0 Å². The van der Waals surface area contributed by atoms with E-state index in [-0.39, 0.29) is 11.0 Å². The summed E-state index contributed by atoms with van der Waals surface area (Å²) in [6.07, 6.45) is 0.626. The molecule has 1 aliphatic rings. The summed E-state index contributed by atoms with van der Waals surface area (Å²) in [4.78, 5) is 0. The van der Waals surface area contributed by atoms with Crippen LogP contribution in [0.3, 0.4) is 0 Å². The highest BCUT2D eigenvalue weighted by molar-refractivity contribution is 7.92. The Bertz CT molecular complexity index is 464. The summed E-state index contributed by atoms with van der Waals surface area (Å²) in [6.45, 7) is 3.26. The number of hydrogen-bond acceptors (Lipinski definition) is 3. The maximum Gasteiger partial charge on any atom is 0.155 e. The summed E-state index contributed by atoms with van der Waals surface area (Å²) < 4.78 is 23.7. The SMILES string of the molecule is Cc1cccc(CCS(=O)(=O)C2CNC2)c1. The molecule has 3 nitrogen and oxygen atoms in total. The number of nitrogens with one attached hydrogen (secondary N) is 1. The van der Waals surface area contributed by atoms with Gasteiger partial charge in [-0.1, -0.05) is 29.8 Å². The Morgan fingerprint density at radius 2 is 2.12 bits per heavy atom. The van der Waals surface area contributed by atoms with Crippen molar-refractivity contribution in [1.29, 1.82) is 0 Å². The molecule has 0 radical (unpaired) electrons. The van der Waals surface area contributed by atoms with Crippen LogP contribution in [0, 0.1) is 6.92 Å². The molecule has 1 saturated heterocycles. The fourth-order valence-electron chi connectivity index (χ4n) is 1.81. The molecule has 16 heavy (non-hydrogen) atoms. The van der Waals surface area contributed by atoms with E-state index in [0.717, 1.165) is 5.56 Å². The molecule has 1 fully saturated rings. The van der Waals surface area contributed by atoms with Crippen molar-refractivity contribution in [3.63, 3.8) is 0 Å². The van der Waals surface area contributed by atoms with Gasteiger partial charge >= 0.3 is 0 Å². The minimum Gasteiger partial charge on any atom is -0.314 e. The van der Waals surface area contributed by atoms with Crippen LogP contribution in [0.4, 0.5) is 0 Å². The summed E-state index contributed by atoms with van der Waals surface area (Å²) in [5.41, 5.74) is 2.29. The lowest BCUT2D eigenvalue weighted by Gasteiger charge is -2.26. The highest BCUT2D eigenvalue weighted by Crippen LogP contribution is 2.11. The minimum atomic E-state index is -2.90. The summed E-state index contributed by atoms with van der Waals surface area (Å²) in [6, 6.07) is 8.03. The molecule has 0 aromatic heterocycles. The van der Waals surface area contributed by atoms with Gasteiger partial charge in [-0.2, -0.15) is 0 Å². The van der Waals surface area contributed by atoms with Crippen LogP contribution in [0.15, 0.2) is 24.3 Å². The van der Waals surface area contributed by atoms with Crippen molar-refractivity contribution in [3.8, 4) is 0 Å². The van der Waals surface area contributed by atoms with E-state index in [1.807, 2.05) is 25.1 Å².